The number of rotatable bonds is 5. The number of hydrogen-bond donors (Lipinski definition) is 1. The molecule has 21 heavy (non-hydrogen) atoms. The molecule has 118 valence electrons. The summed E-state index contributed by atoms with van der Waals surface area (Å²) in [7, 11) is -3.48. The topological polar surface area (TPSA) is 66.8 Å². The van der Waals surface area contributed by atoms with Crippen LogP contribution in [-0.4, -0.2) is 50.2 Å². The zero-order valence-electron chi connectivity index (χ0n) is 12.0. The molecule has 5 nitrogen and oxygen atoms in total. The number of sulfonamides is 1. The summed E-state index contributed by atoms with van der Waals surface area (Å²) in [5, 5.41) is 9.27. The first-order valence-corrected chi connectivity index (χ1v) is 8.75. The lowest BCUT2D eigenvalue weighted by atomic mass is 10.1. The number of aryl methyl sites for hydroxylation is 1. The Kier molecular flexibility index (Phi) is 5.62. The monoisotopic (exact) mass is 333 g/mol. The van der Waals surface area contributed by atoms with Gasteiger partial charge in [-0.05, 0) is 43.5 Å². The van der Waals surface area contributed by atoms with Crippen LogP contribution < -0.4 is 0 Å². The molecule has 1 N–H and O–H groups in total. The molecule has 0 radical (unpaired) electrons. The Morgan fingerprint density at radius 1 is 1.38 bits per heavy atom. The van der Waals surface area contributed by atoms with Crippen molar-refractivity contribution in [1.82, 2.24) is 4.31 Å². The van der Waals surface area contributed by atoms with E-state index in [4.69, 9.17) is 21.4 Å². The molecule has 0 unspecified atom stereocenters. The first kappa shape index (κ1) is 16.7. The van der Waals surface area contributed by atoms with E-state index in [0.29, 0.717) is 48.0 Å². The number of aliphatic hydroxyl groups excluding tert-OH is 1. The largest absolute Gasteiger partial charge is 0.394 e. The molecule has 1 aromatic rings. The van der Waals surface area contributed by atoms with Crippen molar-refractivity contribution in [3.05, 3.63) is 28.8 Å². The van der Waals surface area contributed by atoms with Crippen LogP contribution in [0.1, 0.15) is 18.4 Å². The van der Waals surface area contributed by atoms with Crippen molar-refractivity contribution in [2.45, 2.75) is 30.8 Å². The lowest BCUT2D eigenvalue weighted by molar-refractivity contribution is 0.00318. The van der Waals surface area contributed by atoms with Gasteiger partial charge >= 0.3 is 0 Å². The number of benzene rings is 1. The van der Waals surface area contributed by atoms with Gasteiger partial charge in [-0.3, -0.25) is 0 Å². The summed E-state index contributed by atoms with van der Waals surface area (Å²) in [5.74, 6) is 0. The van der Waals surface area contributed by atoms with Gasteiger partial charge in [-0.15, -0.1) is 0 Å². The van der Waals surface area contributed by atoms with Gasteiger partial charge in [0.1, 0.15) is 0 Å². The molecule has 0 aliphatic carbocycles. The average Bonchev–Trinajstić information content (AvgIpc) is 2.45. The van der Waals surface area contributed by atoms with Crippen LogP contribution in [0.3, 0.4) is 0 Å². The molecule has 0 amide bonds. The Morgan fingerprint density at radius 2 is 2.05 bits per heavy atom. The van der Waals surface area contributed by atoms with Crippen LogP contribution in [0.15, 0.2) is 23.1 Å². The first-order chi connectivity index (χ1) is 9.95. The molecule has 1 aromatic carbocycles. The van der Waals surface area contributed by atoms with E-state index in [-0.39, 0.29) is 12.7 Å². The second-order valence-electron chi connectivity index (χ2n) is 5.11. The van der Waals surface area contributed by atoms with Crippen molar-refractivity contribution < 1.29 is 18.3 Å². The first-order valence-electron chi connectivity index (χ1n) is 6.94. The number of halogens is 1. The molecule has 1 aliphatic heterocycles. The number of piperidine rings is 1. The normalized spacial score (nSPS) is 18.0. The van der Waals surface area contributed by atoms with Crippen LogP contribution in [0.2, 0.25) is 5.02 Å². The average molecular weight is 334 g/mol. The van der Waals surface area contributed by atoms with Gasteiger partial charge in [0.05, 0.1) is 24.2 Å². The van der Waals surface area contributed by atoms with Gasteiger partial charge in [-0.2, -0.15) is 4.31 Å². The van der Waals surface area contributed by atoms with Crippen LogP contribution in [0.5, 0.6) is 0 Å². The Balaban J connectivity index is 2.08. The van der Waals surface area contributed by atoms with Crippen molar-refractivity contribution in [1.29, 1.82) is 0 Å². The summed E-state index contributed by atoms with van der Waals surface area (Å²) in [6.45, 7) is 2.90. The minimum absolute atomic E-state index is 0.0114. The highest BCUT2D eigenvalue weighted by atomic mass is 35.5. The van der Waals surface area contributed by atoms with E-state index < -0.39 is 10.0 Å². The SMILES string of the molecule is Cc1cc(Cl)ccc1S(=O)(=O)N1CCC(OCCO)CC1. The molecule has 1 fully saturated rings. The second kappa shape index (κ2) is 7.07. The van der Waals surface area contributed by atoms with Gasteiger partial charge in [-0.25, -0.2) is 8.42 Å². The summed E-state index contributed by atoms with van der Waals surface area (Å²) in [5.41, 5.74) is 0.654. The minimum atomic E-state index is -3.48. The number of aliphatic hydroxyl groups is 1. The Labute approximate surface area is 130 Å². The molecule has 1 aliphatic rings. The summed E-state index contributed by atoms with van der Waals surface area (Å²) in [6, 6.07) is 4.81. The standard InChI is InChI=1S/C14H20ClNO4S/c1-11-10-12(15)2-3-14(11)21(18,19)16-6-4-13(5-7-16)20-9-8-17/h2-3,10,13,17H,4-9H2,1H3. The number of ether oxygens (including phenoxy) is 1. The predicted octanol–water partition coefficient (Wildman–Crippen LogP) is 1.81. The molecule has 0 atom stereocenters. The van der Waals surface area contributed by atoms with Crippen molar-refractivity contribution in [3.8, 4) is 0 Å². The summed E-state index contributed by atoms with van der Waals surface area (Å²) < 4.78 is 32.2. The molecule has 1 saturated heterocycles. The van der Waals surface area contributed by atoms with E-state index in [2.05, 4.69) is 0 Å². The molecular formula is C14H20ClNO4S. The summed E-state index contributed by atoms with van der Waals surface area (Å²) in [4.78, 5) is 0.307. The quantitative estimate of drug-likeness (QED) is 0.892. The summed E-state index contributed by atoms with van der Waals surface area (Å²) in [6.07, 6.45) is 1.31. The fraction of sp³-hybridized carbons (Fsp3) is 0.571. The molecular weight excluding hydrogens is 314 g/mol. The van der Waals surface area contributed by atoms with Gasteiger partial charge in [0, 0.05) is 18.1 Å². The van der Waals surface area contributed by atoms with Crippen molar-refractivity contribution in [2.75, 3.05) is 26.3 Å². The molecule has 0 spiro atoms. The zero-order chi connectivity index (χ0) is 15.5. The van der Waals surface area contributed by atoms with Crippen LogP contribution in [-0.2, 0) is 14.8 Å². The maximum Gasteiger partial charge on any atom is 0.243 e. The molecule has 0 bridgehead atoms. The maximum absolute atomic E-state index is 12.6. The minimum Gasteiger partial charge on any atom is -0.394 e. The molecule has 0 aromatic heterocycles. The van der Waals surface area contributed by atoms with Gasteiger partial charge in [0.25, 0.3) is 0 Å². The lowest BCUT2D eigenvalue weighted by Gasteiger charge is -2.31. The van der Waals surface area contributed by atoms with Crippen LogP contribution in [0.4, 0.5) is 0 Å². The van der Waals surface area contributed by atoms with Crippen molar-refractivity contribution >= 4 is 21.6 Å². The Hall–Kier alpha value is -0.660. The molecule has 0 saturated carbocycles. The van der Waals surface area contributed by atoms with Gasteiger partial charge in [-0.1, -0.05) is 11.6 Å². The van der Waals surface area contributed by atoms with Gasteiger partial charge in [0.2, 0.25) is 10.0 Å². The third kappa shape index (κ3) is 3.96. The van der Waals surface area contributed by atoms with Crippen molar-refractivity contribution in [2.24, 2.45) is 0 Å². The van der Waals surface area contributed by atoms with E-state index >= 15 is 0 Å². The fourth-order valence-electron chi connectivity index (χ4n) is 2.50. The van der Waals surface area contributed by atoms with Crippen molar-refractivity contribution in [3.63, 3.8) is 0 Å². The van der Waals surface area contributed by atoms with Gasteiger partial charge in [0.15, 0.2) is 0 Å². The third-order valence-electron chi connectivity index (χ3n) is 3.60. The zero-order valence-corrected chi connectivity index (χ0v) is 13.5. The number of nitrogens with zero attached hydrogens (tertiary/aromatic N) is 1. The second-order valence-corrected chi connectivity index (χ2v) is 7.45. The number of hydrogen-bond acceptors (Lipinski definition) is 4. The smallest absolute Gasteiger partial charge is 0.243 e. The highest BCUT2D eigenvalue weighted by Gasteiger charge is 2.30. The Morgan fingerprint density at radius 3 is 2.62 bits per heavy atom. The molecule has 1 heterocycles. The summed E-state index contributed by atoms with van der Waals surface area (Å²) >= 11 is 5.88. The van der Waals surface area contributed by atoms with Crippen LogP contribution in [0.25, 0.3) is 0 Å². The maximum atomic E-state index is 12.6. The molecule has 2 rings (SSSR count). The van der Waals surface area contributed by atoms with E-state index in [1.54, 1.807) is 25.1 Å². The highest BCUT2D eigenvalue weighted by molar-refractivity contribution is 7.89. The predicted molar refractivity (Wildman–Crippen MR) is 81.0 cm³/mol. The Bertz CT molecular complexity index is 583. The third-order valence-corrected chi connectivity index (χ3v) is 5.89. The molecule has 7 heteroatoms. The van der Waals surface area contributed by atoms with Gasteiger partial charge < -0.3 is 9.84 Å². The lowest BCUT2D eigenvalue weighted by Crippen LogP contribution is -2.41. The van der Waals surface area contributed by atoms with E-state index in [1.807, 2.05) is 0 Å². The van der Waals surface area contributed by atoms with Crippen LogP contribution in [0, 0.1) is 6.92 Å². The van der Waals surface area contributed by atoms with E-state index in [1.165, 1.54) is 4.31 Å². The highest BCUT2D eigenvalue weighted by Crippen LogP contribution is 2.26. The van der Waals surface area contributed by atoms with Crippen LogP contribution >= 0.6 is 11.6 Å². The van der Waals surface area contributed by atoms with E-state index in [0.717, 1.165) is 0 Å². The van der Waals surface area contributed by atoms with E-state index in [9.17, 15) is 8.42 Å². The fourth-order valence-corrected chi connectivity index (χ4v) is 4.40.